The van der Waals surface area contributed by atoms with Crippen molar-refractivity contribution in [2.24, 2.45) is 0 Å². The first-order valence-electron chi connectivity index (χ1n) is 5.55. The van der Waals surface area contributed by atoms with Gasteiger partial charge in [-0.15, -0.1) is 0 Å². The van der Waals surface area contributed by atoms with E-state index in [9.17, 15) is 14.3 Å². The molecule has 3 nitrogen and oxygen atoms in total. The molecule has 0 spiro atoms. The van der Waals surface area contributed by atoms with Crippen LogP contribution in [-0.2, 0) is 6.61 Å². The zero-order valence-corrected chi connectivity index (χ0v) is 13.2. The lowest BCUT2D eigenvalue weighted by atomic mass is 10.2. The Morgan fingerprint density at radius 3 is 2.35 bits per heavy atom. The van der Waals surface area contributed by atoms with E-state index in [2.05, 4.69) is 31.9 Å². The van der Waals surface area contributed by atoms with Crippen molar-refractivity contribution in [3.63, 3.8) is 0 Å². The normalized spacial score (nSPS) is 10.3. The molecule has 2 rings (SSSR count). The van der Waals surface area contributed by atoms with Gasteiger partial charge in [0, 0.05) is 5.56 Å². The summed E-state index contributed by atoms with van der Waals surface area (Å²) in [6, 6.07) is 9.02. The Balaban J connectivity index is 2.22. The monoisotopic (exact) mass is 401 g/mol. The molecule has 0 amide bonds. The number of ether oxygens (including phenoxy) is 1. The van der Waals surface area contributed by atoms with E-state index in [1.165, 1.54) is 18.2 Å². The number of carbonyl (C=O) groups excluding carboxylic acids is 1. The third-order valence-electron chi connectivity index (χ3n) is 2.56. The first-order valence-corrected chi connectivity index (χ1v) is 7.14. The van der Waals surface area contributed by atoms with Crippen molar-refractivity contribution in [1.29, 1.82) is 0 Å². The van der Waals surface area contributed by atoms with Crippen LogP contribution in [0.2, 0.25) is 0 Å². The lowest BCUT2D eigenvalue weighted by molar-refractivity contribution is -0.255. The number of carboxylic acid groups (broad SMARTS) is 1. The highest BCUT2D eigenvalue weighted by Crippen LogP contribution is 2.35. The molecule has 0 atom stereocenters. The molecule has 0 saturated heterocycles. The van der Waals surface area contributed by atoms with E-state index in [-0.39, 0.29) is 18.0 Å². The average Bonchev–Trinajstić information content (AvgIpc) is 2.39. The van der Waals surface area contributed by atoms with E-state index in [1.807, 2.05) is 0 Å². The first kappa shape index (κ1) is 15.0. The van der Waals surface area contributed by atoms with Crippen LogP contribution in [0.3, 0.4) is 0 Å². The molecule has 104 valence electrons. The largest absolute Gasteiger partial charge is 0.545 e. The summed E-state index contributed by atoms with van der Waals surface area (Å²) in [5.41, 5.74) is 0.428. The maximum absolute atomic E-state index is 13.5. The number of carbonyl (C=O) groups is 1. The van der Waals surface area contributed by atoms with Crippen molar-refractivity contribution < 1.29 is 19.0 Å². The Morgan fingerprint density at radius 2 is 1.80 bits per heavy atom. The number of aromatic carboxylic acids is 1. The van der Waals surface area contributed by atoms with Crippen LogP contribution < -0.4 is 9.84 Å². The van der Waals surface area contributed by atoms with Gasteiger partial charge in [-0.2, -0.15) is 0 Å². The summed E-state index contributed by atoms with van der Waals surface area (Å²) >= 11 is 6.44. The molecule has 0 unspecified atom stereocenters. The van der Waals surface area contributed by atoms with Crippen molar-refractivity contribution in [1.82, 2.24) is 0 Å². The number of hydrogen-bond acceptors (Lipinski definition) is 3. The van der Waals surface area contributed by atoms with Crippen LogP contribution in [-0.4, -0.2) is 5.97 Å². The quantitative estimate of drug-likeness (QED) is 0.788. The molecule has 0 aromatic heterocycles. The summed E-state index contributed by atoms with van der Waals surface area (Å²) in [5.74, 6) is -1.24. The zero-order valence-electron chi connectivity index (χ0n) is 10.0. The van der Waals surface area contributed by atoms with Gasteiger partial charge < -0.3 is 14.6 Å². The fourth-order valence-corrected chi connectivity index (χ4v) is 3.00. The van der Waals surface area contributed by atoms with E-state index in [4.69, 9.17) is 4.74 Å². The second kappa shape index (κ2) is 6.37. The molecule has 2 aromatic rings. The second-order valence-electron chi connectivity index (χ2n) is 3.94. The highest BCUT2D eigenvalue weighted by Gasteiger charge is 2.11. The van der Waals surface area contributed by atoms with Gasteiger partial charge in [0.1, 0.15) is 18.2 Å². The molecule has 0 aliphatic rings. The minimum Gasteiger partial charge on any atom is -0.545 e. The highest BCUT2D eigenvalue weighted by molar-refractivity contribution is 9.11. The van der Waals surface area contributed by atoms with Gasteiger partial charge in [0.05, 0.1) is 14.9 Å². The predicted octanol–water partition coefficient (Wildman–Crippen LogP) is 3.29. The van der Waals surface area contributed by atoms with E-state index >= 15 is 0 Å². The van der Waals surface area contributed by atoms with E-state index in [0.29, 0.717) is 20.3 Å². The Kier molecular flexibility index (Phi) is 4.77. The van der Waals surface area contributed by atoms with Crippen LogP contribution in [0, 0.1) is 5.82 Å². The third-order valence-corrected chi connectivity index (χ3v) is 3.74. The van der Waals surface area contributed by atoms with Gasteiger partial charge >= 0.3 is 0 Å². The van der Waals surface area contributed by atoms with Gasteiger partial charge in [-0.25, -0.2) is 4.39 Å². The van der Waals surface area contributed by atoms with Crippen molar-refractivity contribution in [3.05, 3.63) is 62.3 Å². The second-order valence-corrected chi connectivity index (χ2v) is 5.65. The van der Waals surface area contributed by atoms with Gasteiger partial charge in [0.15, 0.2) is 0 Å². The molecule has 0 fully saturated rings. The summed E-state index contributed by atoms with van der Waals surface area (Å²) in [5, 5.41) is 10.8. The van der Waals surface area contributed by atoms with Gasteiger partial charge in [0.25, 0.3) is 0 Å². The minimum absolute atomic E-state index is 0.0157. The fourth-order valence-electron chi connectivity index (χ4n) is 1.58. The lowest BCUT2D eigenvalue weighted by Gasteiger charge is -2.13. The lowest BCUT2D eigenvalue weighted by Crippen LogP contribution is -2.22. The first-order chi connectivity index (χ1) is 9.49. The molecule has 0 saturated carbocycles. The van der Waals surface area contributed by atoms with E-state index in [1.54, 1.807) is 18.2 Å². The summed E-state index contributed by atoms with van der Waals surface area (Å²) in [7, 11) is 0. The molecule has 20 heavy (non-hydrogen) atoms. The van der Waals surface area contributed by atoms with E-state index < -0.39 is 5.97 Å². The summed E-state index contributed by atoms with van der Waals surface area (Å²) in [6.07, 6.45) is 0. The third kappa shape index (κ3) is 3.37. The zero-order chi connectivity index (χ0) is 14.7. The van der Waals surface area contributed by atoms with Crippen LogP contribution in [0.15, 0.2) is 45.3 Å². The van der Waals surface area contributed by atoms with Crippen LogP contribution in [0.5, 0.6) is 5.75 Å². The molecule has 2 aromatic carbocycles. The number of benzene rings is 2. The maximum atomic E-state index is 13.5. The summed E-state index contributed by atoms with van der Waals surface area (Å²) < 4.78 is 19.9. The molecule has 0 N–H and O–H groups in total. The minimum atomic E-state index is -1.29. The smallest absolute Gasteiger partial charge is 0.148 e. The van der Waals surface area contributed by atoms with Crippen molar-refractivity contribution in [3.8, 4) is 5.75 Å². The molecule has 0 aliphatic carbocycles. The Labute approximate surface area is 131 Å². The van der Waals surface area contributed by atoms with E-state index in [0.717, 1.165) is 0 Å². The Morgan fingerprint density at radius 1 is 1.20 bits per heavy atom. The molecule has 0 heterocycles. The Bertz CT molecular complexity index is 636. The maximum Gasteiger partial charge on any atom is 0.148 e. The molecular weight excluding hydrogens is 395 g/mol. The molecule has 6 heteroatoms. The molecular formula is C14H8Br2FO3-. The van der Waals surface area contributed by atoms with Gasteiger partial charge in [-0.05, 0) is 55.6 Å². The van der Waals surface area contributed by atoms with Crippen LogP contribution in [0.4, 0.5) is 4.39 Å². The van der Waals surface area contributed by atoms with Crippen molar-refractivity contribution in [2.45, 2.75) is 6.61 Å². The molecule has 0 radical (unpaired) electrons. The van der Waals surface area contributed by atoms with Gasteiger partial charge in [-0.1, -0.05) is 18.2 Å². The standard InChI is InChI=1S/C14H9Br2FO3/c15-10-5-9(14(18)19)6-11(16)13(10)20-7-8-3-1-2-4-12(8)17/h1-6H,7H2,(H,18,19)/p-1. The highest BCUT2D eigenvalue weighted by atomic mass is 79.9. The number of hydrogen-bond donors (Lipinski definition) is 0. The fraction of sp³-hybridized carbons (Fsp3) is 0.0714. The predicted molar refractivity (Wildman–Crippen MR) is 76.9 cm³/mol. The summed E-state index contributed by atoms with van der Waals surface area (Å²) in [6.45, 7) is 0.0363. The van der Waals surface area contributed by atoms with Crippen molar-refractivity contribution >= 4 is 37.8 Å². The van der Waals surface area contributed by atoms with Crippen LogP contribution in [0.25, 0.3) is 0 Å². The Hall–Kier alpha value is -1.40. The average molecular weight is 403 g/mol. The molecule has 0 bridgehead atoms. The number of rotatable bonds is 4. The van der Waals surface area contributed by atoms with Gasteiger partial charge in [0.2, 0.25) is 0 Å². The molecule has 0 aliphatic heterocycles. The topological polar surface area (TPSA) is 49.4 Å². The summed E-state index contributed by atoms with van der Waals surface area (Å²) in [4.78, 5) is 10.8. The SMILES string of the molecule is O=C([O-])c1cc(Br)c(OCc2ccccc2F)c(Br)c1. The van der Waals surface area contributed by atoms with Crippen molar-refractivity contribution in [2.75, 3.05) is 0 Å². The number of halogens is 3. The van der Waals surface area contributed by atoms with Gasteiger partial charge in [-0.3, -0.25) is 0 Å². The van der Waals surface area contributed by atoms with Crippen LogP contribution >= 0.6 is 31.9 Å². The number of carboxylic acids is 1. The van der Waals surface area contributed by atoms with Crippen LogP contribution in [0.1, 0.15) is 15.9 Å².